The molecule has 2 aromatic carbocycles. The molecule has 162 valence electrons. The SMILES string of the molecule is CC[C@@H](C(=O)NC)N(Cc1ccccc1)C(=O)CN(c1cccc(F)c1)S(C)(=O)=O. The maximum Gasteiger partial charge on any atom is 0.244 e. The van der Waals surface area contributed by atoms with Crippen LogP contribution in [0.2, 0.25) is 0 Å². The predicted octanol–water partition coefficient (Wildman–Crippen LogP) is 2.15. The first kappa shape index (κ1) is 23.3. The standard InChI is InChI=1S/C21H26FN3O4S/c1-4-19(21(27)23-2)24(14-16-9-6-5-7-10-16)20(26)15-25(30(3,28)29)18-12-8-11-17(22)13-18/h5-13,19H,4,14-15H2,1-3H3,(H,23,27)/t19-/m0/s1. The third-order valence-electron chi connectivity index (χ3n) is 4.60. The zero-order valence-corrected chi connectivity index (χ0v) is 18.0. The molecule has 0 aromatic heterocycles. The Morgan fingerprint density at radius 3 is 2.30 bits per heavy atom. The number of rotatable bonds is 9. The molecule has 1 atom stereocenters. The van der Waals surface area contributed by atoms with Gasteiger partial charge in [-0.3, -0.25) is 13.9 Å². The van der Waals surface area contributed by atoms with Crippen LogP contribution >= 0.6 is 0 Å². The number of benzene rings is 2. The fourth-order valence-electron chi connectivity index (χ4n) is 3.11. The third kappa shape index (κ3) is 6.03. The van der Waals surface area contributed by atoms with Gasteiger partial charge in [-0.25, -0.2) is 12.8 Å². The lowest BCUT2D eigenvalue weighted by Crippen LogP contribution is -2.51. The molecule has 30 heavy (non-hydrogen) atoms. The van der Waals surface area contributed by atoms with Crippen LogP contribution in [0.5, 0.6) is 0 Å². The maximum absolute atomic E-state index is 13.7. The van der Waals surface area contributed by atoms with Gasteiger partial charge in [-0.1, -0.05) is 43.3 Å². The molecule has 0 radical (unpaired) electrons. The van der Waals surface area contributed by atoms with Crippen molar-refractivity contribution in [2.45, 2.75) is 25.9 Å². The second-order valence-corrected chi connectivity index (χ2v) is 8.70. The Morgan fingerprint density at radius 1 is 1.10 bits per heavy atom. The Bertz CT molecular complexity index is 983. The van der Waals surface area contributed by atoms with Crippen molar-refractivity contribution < 1.29 is 22.4 Å². The largest absolute Gasteiger partial charge is 0.357 e. The number of anilines is 1. The normalized spacial score (nSPS) is 12.1. The highest BCUT2D eigenvalue weighted by Gasteiger charge is 2.31. The van der Waals surface area contributed by atoms with Crippen molar-refractivity contribution in [2.75, 3.05) is 24.2 Å². The number of carbonyl (C=O) groups is 2. The lowest BCUT2D eigenvalue weighted by atomic mass is 10.1. The van der Waals surface area contributed by atoms with Crippen LogP contribution in [0.1, 0.15) is 18.9 Å². The smallest absolute Gasteiger partial charge is 0.244 e. The summed E-state index contributed by atoms with van der Waals surface area (Å²) in [6.07, 6.45) is 1.29. The summed E-state index contributed by atoms with van der Waals surface area (Å²) in [4.78, 5) is 27.0. The molecule has 0 spiro atoms. The molecule has 0 saturated heterocycles. The number of likely N-dealkylation sites (N-methyl/N-ethyl adjacent to an activating group) is 1. The summed E-state index contributed by atoms with van der Waals surface area (Å²) in [6.45, 7) is 1.35. The highest BCUT2D eigenvalue weighted by atomic mass is 32.2. The number of hydrogen-bond acceptors (Lipinski definition) is 4. The lowest BCUT2D eigenvalue weighted by Gasteiger charge is -2.32. The maximum atomic E-state index is 13.7. The lowest BCUT2D eigenvalue weighted by molar-refractivity contribution is -0.140. The molecule has 9 heteroatoms. The quantitative estimate of drug-likeness (QED) is 0.654. The van der Waals surface area contributed by atoms with Gasteiger partial charge in [-0.05, 0) is 30.2 Å². The fourth-order valence-corrected chi connectivity index (χ4v) is 3.95. The van der Waals surface area contributed by atoms with Crippen molar-refractivity contribution in [3.8, 4) is 0 Å². The molecule has 2 rings (SSSR count). The van der Waals surface area contributed by atoms with Crippen LogP contribution in [0, 0.1) is 5.82 Å². The van der Waals surface area contributed by atoms with E-state index in [1.165, 1.54) is 30.1 Å². The first-order valence-corrected chi connectivity index (χ1v) is 11.3. The van der Waals surface area contributed by atoms with Gasteiger partial charge in [-0.15, -0.1) is 0 Å². The van der Waals surface area contributed by atoms with Gasteiger partial charge >= 0.3 is 0 Å². The third-order valence-corrected chi connectivity index (χ3v) is 5.74. The Morgan fingerprint density at radius 2 is 1.77 bits per heavy atom. The number of hydrogen-bond donors (Lipinski definition) is 1. The van der Waals surface area contributed by atoms with E-state index >= 15 is 0 Å². The summed E-state index contributed by atoms with van der Waals surface area (Å²) in [5.74, 6) is -1.53. The molecule has 2 amide bonds. The van der Waals surface area contributed by atoms with Crippen molar-refractivity contribution in [3.05, 3.63) is 66.0 Å². The molecule has 0 fully saturated rings. The molecule has 0 aliphatic rings. The van der Waals surface area contributed by atoms with Gasteiger partial charge in [0.1, 0.15) is 18.4 Å². The molecule has 0 unspecified atom stereocenters. The zero-order chi connectivity index (χ0) is 22.3. The monoisotopic (exact) mass is 435 g/mol. The molecule has 0 aliphatic carbocycles. The van der Waals surface area contributed by atoms with E-state index in [9.17, 15) is 22.4 Å². The van der Waals surface area contributed by atoms with E-state index in [1.807, 2.05) is 30.3 Å². The average Bonchev–Trinajstić information content (AvgIpc) is 2.71. The Balaban J connectivity index is 2.40. The van der Waals surface area contributed by atoms with Gasteiger partial charge in [0.25, 0.3) is 0 Å². The summed E-state index contributed by atoms with van der Waals surface area (Å²) in [5.41, 5.74) is 0.836. The van der Waals surface area contributed by atoms with Crippen LogP contribution in [0.3, 0.4) is 0 Å². The zero-order valence-electron chi connectivity index (χ0n) is 17.2. The summed E-state index contributed by atoms with van der Waals surface area (Å²) < 4.78 is 39.2. The van der Waals surface area contributed by atoms with Crippen LogP contribution in [0.15, 0.2) is 54.6 Å². The second kappa shape index (κ2) is 10.2. The van der Waals surface area contributed by atoms with Gasteiger partial charge in [0.05, 0.1) is 11.9 Å². The molecule has 0 aliphatic heterocycles. The first-order valence-electron chi connectivity index (χ1n) is 9.45. The number of nitrogens with one attached hydrogen (secondary N) is 1. The van der Waals surface area contributed by atoms with E-state index in [1.54, 1.807) is 6.92 Å². The van der Waals surface area contributed by atoms with Gasteiger partial charge in [0.15, 0.2) is 0 Å². The van der Waals surface area contributed by atoms with Crippen LogP contribution < -0.4 is 9.62 Å². The number of sulfonamides is 1. The minimum absolute atomic E-state index is 0.0403. The van der Waals surface area contributed by atoms with Crippen LogP contribution in [-0.4, -0.2) is 51.0 Å². The summed E-state index contributed by atoms with van der Waals surface area (Å²) in [5, 5.41) is 2.55. The molecule has 7 nitrogen and oxygen atoms in total. The van der Waals surface area contributed by atoms with Gasteiger partial charge in [0, 0.05) is 13.6 Å². The van der Waals surface area contributed by atoms with E-state index in [0.29, 0.717) is 6.42 Å². The van der Waals surface area contributed by atoms with E-state index < -0.39 is 34.3 Å². The van der Waals surface area contributed by atoms with E-state index in [0.717, 1.165) is 22.2 Å². The Kier molecular flexibility index (Phi) is 7.93. The topological polar surface area (TPSA) is 86.8 Å². The molecule has 2 aromatic rings. The minimum Gasteiger partial charge on any atom is -0.357 e. The van der Waals surface area contributed by atoms with Crippen LogP contribution in [0.25, 0.3) is 0 Å². The molecule has 0 bridgehead atoms. The van der Waals surface area contributed by atoms with Crippen LogP contribution in [0.4, 0.5) is 10.1 Å². The van der Waals surface area contributed by atoms with E-state index in [2.05, 4.69) is 5.32 Å². The Hall–Kier alpha value is -2.94. The van der Waals surface area contributed by atoms with Crippen molar-refractivity contribution in [3.63, 3.8) is 0 Å². The minimum atomic E-state index is -3.88. The van der Waals surface area contributed by atoms with Gasteiger partial charge in [0.2, 0.25) is 21.8 Å². The molecule has 1 N–H and O–H groups in total. The van der Waals surface area contributed by atoms with Crippen molar-refractivity contribution in [1.29, 1.82) is 0 Å². The average molecular weight is 436 g/mol. The summed E-state index contributed by atoms with van der Waals surface area (Å²) >= 11 is 0. The van der Waals surface area contributed by atoms with E-state index in [-0.39, 0.29) is 18.1 Å². The second-order valence-electron chi connectivity index (χ2n) is 6.80. The molecular formula is C21H26FN3O4S. The molecule has 0 heterocycles. The van der Waals surface area contributed by atoms with Gasteiger partial charge < -0.3 is 10.2 Å². The van der Waals surface area contributed by atoms with Crippen molar-refractivity contribution in [2.24, 2.45) is 0 Å². The number of amides is 2. The number of carbonyl (C=O) groups excluding carboxylic acids is 2. The number of nitrogens with zero attached hydrogens (tertiary/aromatic N) is 2. The molecule has 0 saturated carbocycles. The fraction of sp³-hybridized carbons (Fsp3) is 0.333. The summed E-state index contributed by atoms with van der Waals surface area (Å²) in [7, 11) is -2.40. The Labute approximate surface area is 176 Å². The number of halogens is 1. The molecular weight excluding hydrogens is 409 g/mol. The predicted molar refractivity (Wildman–Crippen MR) is 114 cm³/mol. The summed E-state index contributed by atoms with van der Waals surface area (Å²) in [6, 6.07) is 13.3. The van der Waals surface area contributed by atoms with Gasteiger partial charge in [-0.2, -0.15) is 0 Å². The van der Waals surface area contributed by atoms with Crippen molar-refractivity contribution >= 4 is 27.5 Å². The highest BCUT2D eigenvalue weighted by molar-refractivity contribution is 7.92. The van der Waals surface area contributed by atoms with Crippen molar-refractivity contribution in [1.82, 2.24) is 10.2 Å². The first-order chi connectivity index (χ1) is 14.2. The van der Waals surface area contributed by atoms with E-state index in [4.69, 9.17) is 0 Å². The highest BCUT2D eigenvalue weighted by Crippen LogP contribution is 2.20. The van der Waals surface area contributed by atoms with Crippen LogP contribution in [-0.2, 0) is 26.2 Å².